The second kappa shape index (κ2) is 8.29. The lowest BCUT2D eigenvalue weighted by atomic mass is 9.85. The molecule has 0 saturated carbocycles. The number of ether oxygens (including phenoxy) is 2. The second-order valence-electron chi connectivity index (χ2n) is 5.32. The summed E-state index contributed by atoms with van der Waals surface area (Å²) in [5.41, 5.74) is 5.37. The van der Waals surface area contributed by atoms with Gasteiger partial charge in [-0.15, -0.1) is 0 Å². The van der Waals surface area contributed by atoms with Crippen molar-refractivity contribution in [3.63, 3.8) is 0 Å². The summed E-state index contributed by atoms with van der Waals surface area (Å²) in [6.45, 7) is 3.02. The highest BCUT2D eigenvalue weighted by Gasteiger charge is 2.41. The first kappa shape index (κ1) is 17.8. The predicted octanol–water partition coefficient (Wildman–Crippen LogP) is 1.13. The smallest absolute Gasteiger partial charge is 0.324 e. The molecule has 0 spiro atoms. The van der Waals surface area contributed by atoms with Gasteiger partial charge in [0.25, 0.3) is 0 Å². The van der Waals surface area contributed by atoms with Crippen molar-refractivity contribution in [3.8, 4) is 0 Å². The summed E-state index contributed by atoms with van der Waals surface area (Å²) in [5.74, 6) is -1.35. The minimum absolute atomic E-state index is 0.0304. The Labute approximate surface area is 129 Å². The largest absolute Gasteiger partial charge is 0.464 e. The van der Waals surface area contributed by atoms with Gasteiger partial charge in [0.15, 0.2) is 0 Å². The van der Waals surface area contributed by atoms with Gasteiger partial charge in [0.1, 0.15) is 12.6 Å². The summed E-state index contributed by atoms with van der Waals surface area (Å²) >= 11 is 0. The van der Waals surface area contributed by atoms with Crippen molar-refractivity contribution in [1.82, 2.24) is 0 Å². The molecule has 0 aliphatic carbocycles. The Morgan fingerprint density at radius 1 is 1.23 bits per heavy atom. The third-order valence-corrected chi connectivity index (χ3v) is 3.22. The summed E-state index contributed by atoms with van der Waals surface area (Å²) in [4.78, 5) is 34.0. The van der Waals surface area contributed by atoms with Crippen LogP contribution in [0.1, 0.15) is 25.8 Å². The van der Waals surface area contributed by atoms with Crippen LogP contribution in [0.3, 0.4) is 0 Å². The quantitative estimate of drug-likeness (QED) is 0.571. The number of esters is 2. The lowest BCUT2D eigenvalue weighted by Gasteiger charge is -2.27. The van der Waals surface area contributed by atoms with Gasteiger partial charge < -0.3 is 15.2 Å². The Bertz CT molecular complexity index is 513. The first-order valence-corrected chi connectivity index (χ1v) is 6.88. The molecule has 0 amide bonds. The fourth-order valence-corrected chi connectivity index (χ4v) is 1.61. The monoisotopic (exact) mass is 306 g/mol. The molecule has 6 heteroatoms. The zero-order valence-electron chi connectivity index (χ0n) is 12.7. The van der Waals surface area contributed by atoms with Crippen LogP contribution in [0.2, 0.25) is 0 Å². The number of nitrogens with two attached hydrogens (primary N) is 1. The minimum Gasteiger partial charge on any atom is -0.464 e. The minimum atomic E-state index is -1.24. The van der Waals surface area contributed by atoms with E-state index in [4.69, 9.17) is 15.2 Å². The molecule has 1 radical (unpaired) electrons. The van der Waals surface area contributed by atoms with E-state index >= 15 is 0 Å². The third-order valence-electron chi connectivity index (χ3n) is 3.22. The average molecular weight is 306 g/mol. The van der Waals surface area contributed by atoms with E-state index < -0.39 is 23.4 Å². The van der Waals surface area contributed by atoms with Crippen LogP contribution in [-0.4, -0.2) is 30.9 Å². The van der Waals surface area contributed by atoms with Crippen molar-refractivity contribution in [2.24, 2.45) is 11.1 Å². The summed E-state index contributed by atoms with van der Waals surface area (Å²) < 4.78 is 10.0. The normalized spacial score (nSPS) is 12.3. The SMILES string of the molecule is CC(C)(C(=O)OCc1ccccc1)[C@H](N)C(=O)OCC[C]=O. The van der Waals surface area contributed by atoms with Crippen LogP contribution < -0.4 is 5.73 Å². The third kappa shape index (κ3) is 4.96. The van der Waals surface area contributed by atoms with Crippen molar-refractivity contribution >= 4 is 18.2 Å². The van der Waals surface area contributed by atoms with Gasteiger partial charge in [-0.1, -0.05) is 30.3 Å². The zero-order chi connectivity index (χ0) is 16.6. The van der Waals surface area contributed by atoms with E-state index in [2.05, 4.69) is 0 Å². The molecule has 1 atom stereocenters. The number of rotatable bonds is 8. The van der Waals surface area contributed by atoms with Crippen LogP contribution in [0.15, 0.2) is 30.3 Å². The molecule has 0 heterocycles. The Balaban J connectivity index is 2.57. The van der Waals surface area contributed by atoms with E-state index in [1.54, 1.807) is 6.29 Å². The van der Waals surface area contributed by atoms with Crippen LogP contribution in [0.5, 0.6) is 0 Å². The zero-order valence-corrected chi connectivity index (χ0v) is 12.7. The van der Waals surface area contributed by atoms with E-state index in [0.717, 1.165) is 5.56 Å². The highest BCUT2D eigenvalue weighted by atomic mass is 16.5. The van der Waals surface area contributed by atoms with Crippen LogP contribution in [0.25, 0.3) is 0 Å². The van der Waals surface area contributed by atoms with Crippen LogP contribution in [-0.2, 0) is 30.5 Å². The molecule has 1 aromatic carbocycles. The van der Waals surface area contributed by atoms with Gasteiger partial charge in [-0.25, -0.2) is 0 Å². The molecular formula is C16H20NO5. The molecule has 0 fully saturated rings. The highest BCUT2D eigenvalue weighted by Crippen LogP contribution is 2.23. The number of hydrogen-bond donors (Lipinski definition) is 1. The molecule has 22 heavy (non-hydrogen) atoms. The van der Waals surface area contributed by atoms with Crippen molar-refractivity contribution < 1.29 is 23.9 Å². The van der Waals surface area contributed by atoms with E-state index in [1.807, 2.05) is 30.3 Å². The van der Waals surface area contributed by atoms with E-state index in [1.165, 1.54) is 13.8 Å². The summed E-state index contributed by atoms with van der Waals surface area (Å²) in [5, 5.41) is 0. The van der Waals surface area contributed by atoms with Gasteiger partial charge in [-0.05, 0) is 19.4 Å². The predicted molar refractivity (Wildman–Crippen MR) is 79.3 cm³/mol. The van der Waals surface area contributed by atoms with Gasteiger partial charge >= 0.3 is 11.9 Å². The molecule has 1 rings (SSSR count). The molecule has 0 aliphatic heterocycles. The lowest BCUT2D eigenvalue weighted by molar-refractivity contribution is -0.163. The van der Waals surface area contributed by atoms with Crippen LogP contribution in [0.4, 0.5) is 0 Å². The standard InChI is InChI=1S/C16H20NO5/c1-16(2,13(17)14(19)21-10-6-9-18)15(20)22-11-12-7-4-3-5-8-12/h3-5,7-8,13H,6,10-11,17H2,1-2H3/t13-/m1/s1. The Hall–Kier alpha value is -2.21. The topological polar surface area (TPSA) is 95.7 Å². The molecule has 0 unspecified atom stereocenters. The van der Waals surface area contributed by atoms with Gasteiger partial charge in [0, 0.05) is 6.42 Å². The maximum atomic E-state index is 12.1. The first-order chi connectivity index (χ1) is 10.4. The van der Waals surface area contributed by atoms with Crippen molar-refractivity contribution in [3.05, 3.63) is 35.9 Å². The summed E-state index contributed by atoms with van der Waals surface area (Å²) in [6, 6.07) is 8.00. The average Bonchev–Trinajstić information content (AvgIpc) is 2.52. The Morgan fingerprint density at radius 3 is 2.45 bits per heavy atom. The molecular weight excluding hydrogens is 286 g/mol. The van der Waals surface area contributed by atoms with Crippen molar-refractivity contribution in [1.29, 1.82) is 0 Å². The Kier molecular flexibility index (Phi) is 6.72. The van der Waals surface area contributed by atoms with E-state index in [0.29, 0.717) is 0 Å². The van der Waals surface area contributed by atoms with Crippen molar-refractivity contribution in [2.45, 2.75) is 32.9 Å². The maximum absolute atomic E-state index is 12.1. The first-order valence-electron chi connectivity index (χ1n) is 6.88. The fourth-order valence-electron chi connectivity index (χ4n) is 1.61. The molecule has 0 aliphatic rings. The molecule has 0 aromatic heterocycles. The Morgan fingerprint density at radius 2 is 1.86 bits per heavy atom. The van der Waals surface area contributed by atoms with Crippen LogP contribution >= 0.6 is 0 Å². The number of hydrogen-bond acceptors (Lipinski definition) is 6. The molecule has 6 nitrogen and oxygen atoms in total. The number of benzene rings is 1. The van der Waals surface area contributed by atoms with E-state index in [9.17, 15) is 14.4 Å². The molecule has 2 N–H and O–H groups in total. The molecule has 1 aromatic rings. The summed E-state index contributed by atoms with van der Waals surface area (Å²) in [7, 11) is 0. The van der Waals surface area contributed by atoms with E-state index in [-0.39, 0.29) is 19.6 Å². The summed E-state index contributed by atoms with van der Waals surface area (Å²) in [6.07, 6.45) is 1.57. The van der Waals surface area contributed by atoms with Gasteiger partial charge in [0.2, 0.25) is 6.29 Å². The van der Waals surface area contributed by atoms with Gasteiger partial charge in [-0.2, -0.15) is 0 Å². The molecule has 119 valence electrons. The number of carbonyl (C=O) groups is 2. The van der Waals surface area contributed by atoms with Crippen LogP contribution in [0, 0.1) is 5.41 Å². The fraction of sp³-hybridized carbons (Fsp3) is 0.438. The van der Waals surface area contributed by atoms with Crippen molar-refractivity contribution in [2.75, 3.05) is 6.61 Å². The van der Waals surface area contributed by atoms with Gasteiger partial charge in [-0.3, -0.25) is 14.4 Å². The molecule has 0 saturated heterocycles. The molecule has 0 bridgehead atoms. The van der Waals surface area contributed by atoms with Gasteiger partial charge in [0.05, 0.1) is 12.0 Å². The number of carbonyl (C=O) groups excluding carboxylic acids is 3. The maximum Gasteiger partial charge on any atom is 0.324 e. The second-order valence-corrected chi connectivity index (χ2v) is 5.32. The lowest BCUT2D eigenvalue weighted by Crippen LogP contribution is -2.50. The highest BCUT2D eigenvalue weighted by molar-refractivity contribution is 5.87.